The largest absolute Gasteiger partial charge is 0.456 e. The summed E-state index contributed by atoms with van der Waals surface area (Å²) in [5, 5.41) is 8.24. The van der Waals surface area contributed by atoms with Crippen LogP contribution in [0.15, 0.2) is 0 Å². The Balaban J connectivity index is 3.54. The zero-order valence-corrected chi connectivity index (χ0v) is 9.73. The molecule has 0 aliphatic heterocycles. The fraction of sp³-hybridized carbons (Fsp3) is 0.600. The number of Topliss-reactive ketones (excluding diaryl/α,β-unsaturated/α-hetero) is 1. The van der Waals surface area contributed by atoms with Crippen LogP contribution in [0.3, 0.4) is 0 Å². The Bertz CT molecular complexity index is 157. The summed E-state index contributed by atoms with van der Waals surface area (Å²) in [6.07, 6.45) is 0. The van der Waals surface area contributed by atoms with E-state index in [9.17, 15) is 9.59 Å². The summed E-state index contributed by atoms with van der Waals surface area (Å²) in [5.74, 6) is -0.945. The summed E-state index contributed by atoms with van der Waals surface area (Å²) in [6.45, 7) is -0.918. The van der Waals surface area contributed by atoms with Gasteiger partial charge in [0, 0.05) is 0 Å². The van der Waals surface area contributed by atoms with Crippen LogP contribution in [-0.4, -0.2) is 32.0 Å². The molecule has 0 heterocycles. The predicted octanol–water partition coefficient (Wildman–Crippen LogP) is 0.287. The number of esters is 1. The quantitative estimate of drug-likeness (QED) is 0.430. The van der Waals surface area contributed by atoms with Crippen LogP contribution in [-0.2, 0) is 14.3 Å². The fourth-order valence-corrected chi connectivity index (χ4v) is 0.620. The number of halogens is 2. The Kier molecular flexibility index (Phi) is 6.43. The summed E-state index contributed by atoms with van der Waals surface area (Å²) >= 11 is 3.73. The zero-order chi connectivity index (χ0) is 8.85. The Hall–Kier alpha value is 0.560. The van der Waals surface area contributed by atoms with E-state index in [0.29, 0.717) is 0 Å². The van der Waals surface area contributed by atoms with E-state index >= 15 is 0 Å². The number of alkyl halides is 2. The van der Waals surface area contributed by atoms with Crippen LogP contribution in [0.1, 0.15) is 0 Å². The molecule has 0 atom stereocenters. The molecule has 0 radical (unpaired) electrons. The first-order valence-corrected chi connectivity index (χ1v) is 5.14. The van der Waals surface area contributed by atoms with E-state index in [1.165, 1.54) is 0 Å². The van der Waals surface area contributed by atoms with Gasteiger partial charge in [-0.25, -0.2) is 0 Å². The second-order valence-electron chi connectivity index (χ2n) is 1.61. The first kappa shape index (κ1) is 11.6. The van der Waals surface area contributed by atoms with E-state index in [1.54, 1.807) is 0 Å². The van der Waals surface area contributed by atoms with Crippen LogP contribution < -0.4 is 0 Å². The molecular formula is C5H6I2O4. The molecule has 64 valence electrons. The summed E-state index contributed by atoms with van der Waals surface area (Å²) in [5.41, 5.74) is 0. The normalized spacial score (nSPS) is 9.82. The minimum Gasteiger partial charge on any atom is -0.456 e. The van der Waals surface area contributed by atoms with E-state index in [0.717, 1.165) is 0 Å². The number of ether oxygens (including phenoxy) is 1. The predicted molar refractivity (Wildman–Crippen MR) is 54.9 cm³/mol. The molecule has 11 heavy (non-hydrogen) atoms. The molecular weight excluding hydrogens is 378 g/mol. The van der Waals surface area contributed by atoms with Crippen molar-refractivity contribution in [2.45, 2.75) is 1.93 Å². The molecule has 1 N–H and O–H groups in total. The molecule has 0 rings (SSSR count). The molecule has 0 aromatic heterocycles. The number of aliphatic hydroxyl groups excluding tert-OH is 1. The molecule has 0 aliphatic rings. The van der Waals surface area contributed by atoms with Crippen LogP contribution in [0, 0.1) is 0 Å². The maximum Gasteiger partial charge on any atom is 0.329 e. The number of ketones is 1. The lowest BCUT2D eigenvalue weighted by Crippen LogP contribution is -2.19. The maximum absolute atomic E-state index is 10.7. The molecule has 0 bridgehead atoms. The van der Waals surface area contributed by atoms with E-state index < -0.39 is 18.4 Å². The number of carbonyl (C=O) groups excluding carboxylic acids is 2. The minimum atomic E-state index is -0.583. The van der Waals surface area contributed by atoms with Gasteiger partial charge in [-0.3, -0.25) is 9.59 Å². The third-order valence-corrected chi connectivity index (χ3v) is 1.75. The van der Waals surface area contributed by atoms with Gasteiger partial charge in [0.05, 0.1) is 0 Å². The second kappa shape index (κ2) is 6.12. The lowest BCUT2D eigenvalue weighted by Gasteiger charge is -2.02. The van der Waals surface area contributed by atoms with Crippen molar-refractivity contribution in [3.05, 3.63) is 0 Å². The molecule has 0 amide bonds. The summed E-state index contributed by atoms with van der Waals surface area (Å²) in [7, 11) is 0. The lowest BCUT2D eigenvalue weighted by atomic mass is 10.4. The molecule has 0 unspecified atom stereocenters. The highest BCUT2D eigenvalue weighted by Gasteiger charge is 2.12. The standard InChI is InChI=1S/C5H6I2O4/c6-4(7)5(10)11-2-3(9)1-8/h4,8H,1-2H2. The minimum absolute atomic E-state index is 0.295. The zero-order valence-electron chi connectivity index (χ0n) is 5.42. The van der Waals surface area contributed by atoms with E-state index in [1.807, 2.05) is 45.2 Å². The smallest absolute Gasteiger partial charge is 0.329 e. The molecule has 0 aromatic rings. The van der Waals surface area contributed by atoms with Gasteiger partial charge in [0.15, 0.2) is 14.3 Å². The van der Waals surface area contributed by atoms with Gasteiger partial charge in [-0.15, -0.1) is 0 Å². The number of carbonyl (C=O) groups is 2. The summed E-state index contributed by atoms with van der Waals surface area (Å²) in [6, 6.07) is 0. The summed E-state index contributed by atoms with van der Waals surface area (Å²) in [4.78, 5) is 21.1. The van der Waals surface area contributed by atoms with Crippen molar-refractivity contribution in [3.8, 4) is 0 Å². The lowest BCUT2D eigenvalue weighted by molar-refractivity contribution is -0.146. The number of hydrogen-bond acceptors (Lipinski definition) is 4. The number of hydrogen-bond donors (Lipinski definition) is 1. The van der Waals surface area contributed by atoms with Gasteiger partial charge < -0.3 is 9.84 Å². The topological polar surface area (TPSA) is 63.6 Å². The van der Waals surface area contributed by atoms with E-state index in [2.05, 4.69) is 4.74 Å². The van der Waals surface area contributed by atoms with Gasteiger partial charge in [0.2, 0.25) is 0 Å². The van der Waals surface area contributed by atoms with Crippen molar-refractivity contribution in [2.24, 2.45) is 0 Å². The average molecular weight is 384 g/mol. The molecule has 0 aromatic carbocycles. The Labute approximate surface area is 91.0 Å². The van der Waals surface area contributed by atoms with Crippen molar-refractivity contribution >= 4 is 56.9 Å². The van der Waals surface area contributed by atoms with Crippen molar-refractivity contribution in [1.82, 2.24) is 0 Å². The Morgan fingerprint density at radius 3 is 2.36 bits per heavy atom. The van der Waals surface area contributed by atoms with E-state index in [4.69, 9.17) is 5.11 Å². The first-order chi connectivity index (χ1) is 5.07. The molecule has 6 heteroatoms. The van der Waals surface area contributed by atoms with Crippen LogP contribution in [0.25, 0.3) is 0 Å². The van der Waals surface area contributed by atoms with Gasteiger partial charge in [-0.1, -0.05) is 45.2 Å². The molecule has 0 spiro atoms. The molecule has 4 nitrogen and oxygen atoms in total. The molecule has 0 saturated heterocycles. The van der Waals surface area contributed by atoms with Crippen LogP contribution in [0.4, 0.5) is 0 Å². The third-order valence-electron chi connectivity index (χ3n) is 0.730. The van der Waals surface area contributed by atoms with Crippen LogP contribution in [0.5, 0.6) is 0 Å². The Morgan fingerprint density at radius 2 is 2.00 bits per heavy atom. The van der Waals surface area contributed by atoms with Gasteiger partial charge in [0.25, 0.3) is 0 Å². The van der Waals surface area contributed by atoms with Gasteiger partial charge in [-0.05, 0) is 0 Å². The maximum atomic E-state index is 10.7. The van der Waals surface area contributed by atoms with Crippen molar-refractivity contribution < 1.29 is 19.4 Å². The molecule has 0 aliphatic carbocycles. The van der Waals surface area contributed by atoms with Gasteiger partial charge in [-0.2, -0.15) is 0 Å². The van der Waals surface area contributed by atoms with Crippen molar-refractivity contribution in [1.29, 1.82) is 0 Å². The van der Waals surface area contributed by atoms with Crippen molar-refractivity contribution in [3.63, 3.8) is 0 Å². The number of aliphatic hydroxyl groups is 1. The average Bonchev–Trinajstić information content (AvgIpc) is 1.99. The van der Waals surface area contributed by atoms with E-state index in [-0.39, 0.29) is 8.54 Å². The first-order valence-electron chi connectivity index (χ1n) is 2.65. The SMILES string of the molecule is O=C(CO)COC(=O)C(I)I. The third kappa shape index (κ3) is 5.79. The van der Waals surface area contributed by atoms with Gasteiger partial charge in [0.1, 0.15) is 6.61 Å². The highest BCUT2D eigenvalue weighted by molar-refractivity contribution is 14.2. The molecule has 0 fully saturated rings. The molecule has 0 saturated carbocycles. The second-order valence-corrected chi connectivity index (χ2v) is 6.48. The number of rotatable bonds is 4. The van der Waals surface area contributed by atoms with Crippen molar-refractivity contribution in [2.75, 3.05) is 13.2 Å². The Morgan fingerprint density at radius 1 is 1.45 bits per heavy atom. The van der Waals surface area contributed by atoms with Crippen LogP contribution in [0.2, 0.25) is 0 Å². The summed E-state index contributed by atoms with van der Waals surface area (Å²) < 4.78 is 4.20. The highest BCUT2D eigenvalue weighted by Crippen LogP contribution is 2.10. The van der Waals surface area contributed by atoms with Crippen LogP contribution >= 0.6 is 45.2 Å². The highest BCUT2D eigenvalue weighted by atomic mass is 127. The fourth-order valence-electron chi connectivity index (χ4n) is 0.260. The van der Waals surface area contributed by atoms with Gasteiger partial charge >= 0.3 is 5.97 Å². The monoisotopic (exact) mass is 384 g/mol.